The fourth-order valence-corrected chi connectivity index (χ4v) is 6.93. The summed E-state index contributed by atoms with van der Waals surface area (Å²) in [6, 6.07) is 11.3. The van der Waals surface area contributed by atoms with E-state index >= 15 is 0 Å². The van der Waals surface area contributed by atoms with Crippen LogP contribution in [0.2, 0.25) is 0 Å². The van der Waals surface area contributed by atoms with Crippen LogP contribution in [0.5, 0.6) is 11.6 Å². The summed E-state index contributed by atoms with van der Waals surface area (Å²) in [6.45, 7) is 5.79. The van der Waals surface area contributed by atoms with Crippen LogP contribution in [0.4, 0.5) is 5.69 Å². The number of aromatic nitrogens is 4. The van der Waals surface area contributed by atoms with E-state index in [0.29, 0.717) is 23.3 Å². The smallest absolute Gasteiger partial charge is 0.230 e. The van der Waals surface area contributed by atoms with Gasteiger partial charge in [-0.3, -0.25) is 4.79 Å². The molecule has 3 aromatic rings. The molecule has 4 aliphatic carbocycles. The summed E-state index contributed by atoms with van der Waals surface area (Å²) in [5, 5.41) is 7.71. The van der Waals surface area contributed by atoms with E-state index in [1.807, 2.05) is 51.1 Å². The van der Waals surface area contributed by atoms with E-state index < -0.39 is 0 Å². The van der Waals surface area contributed by atoms with Crippen LogP contribution in [0.3, 0.4) is 0 Å². The van der Waals surface area contributed by atoms with E-state index in [-0.39, 0.29) is 11.3 Å². The SMILES string of the molecule is Cc1cc(C)n(-c2cc(Oc3ccc(NC(=O)C45CC6CC(CC(C6)C4)C5)cc3)nc(C)n2)n1. The van der Waals surface area contributed by atoms with Gasteiger partial charge in [0.2, 0.25) is 11.8 Å². The standard InChI is InChI=1S/C27H31N5O2/c1-16-8-17(2)32(31-16)24-12-25(29-18(3)28-24)34-23-6-4-22(5-7-23)30-26(33)27-13-19-9-20(14-27)11-21(10-19)15-27/h4-8,12,19-21H,9-11,13-15H2,1-3H3,(H,30,33). The number of ether oxygens (including phenoxy) is 1. The molecule has 2 aromatic heterocycles. The molecule has 7 heteroatoms. The summed E-state index contributed by atoms with van der Waals surface area (Å²) in [4.78, 5) is 22.2. The molecule has 0 unspecified atom stereocenters. The third-order valence-electron chi connectivity index (χ3n) is 7.88. The zero-order valence-corrected chi connectivity index (χ0v) is 20.0. The van der Waals surface area contributed by atoms with Crippen molar-refractivity contribution in [3.63, 3.8) is 0 Å². The summed E-state index contributed by atoms with van der Waals surface area (Å²) >= 11 is 0. The van der Waals surface area contributed by atoms with Gasteiger partial charge in [-0.1, -0.05) is 0 Å². The van der Waals surface area contributed by atoms with Crippen molar-refractivity contribution in [3.8, 4) is 17.4 Å². The van der Waals surface area contributed by atoms with Crippen molar-refractivity contribution in [2.75, 3.05) is 5.32 Å². The third-order valence-corrected chi connectivity index (χ3v) is 7.88. The Labute approximate surface area is 200 Å². The normalized spacial score (nSPS) is 27.1. The number of amides is 1. The summed E-state index contributed by atoms with van der Waals surface area (Å²) in [7, 11) is 0. The van der Waals surface area contributed by atoms with Gasteiger partial charge < -0.3 is 10.1 Å². The Morgan fingerprint density at radius 2 is 1.62 bits per heavy atom. The Kier molecular flexibility index (Phi) is 4.97. The van der Waals surface area contributed by atoms with Crippen LogP contribution in [0.25, 0.3) is 5.82 Å². The number of nitrogens with zero attached hydrogens (tertiary/aromatic N) is 4. The minimum absolute atomic E-state index is 0.151. The first-order valence-electron chi connectivity index (χ1n) is 12.3. The number of anilines is 1. The number of hydrogen-bond acceptors (Lipinski definition) is 5. The number of benzene rings is 1. The highest BCUT2D eigenvalue weighted by molar-refractivity contribution is 5.95. The molecule has 7 nitrogen and oxygen atoms in total. The molecule has 0 aliphatic heterocycles. The average Bonchev–Trinajstić information content (AvgIpc) is 3.12. The lowest BCUT2D eigenvalue weighted by Crippen LogP contribution is -2.51. The van der Waals surface area contributed by atoms with E-state index in [1.165, 1.54) is 19.3 Å². The van der Waals surface area contributed by atoms with Crippen molar-refractivity contribution < 1.29 is 9.53 Å². The van der Waals surface area contributed by atoms with Crippen LogP contribution in [0.15, 0.2) is 36.4 Å². The molecule has 4 aliphatic rings. The molecule has 0 saturated heterocycles. The van der Waals surface area contributed by atoms with E-state index in [4.69, 9.17) is 4.74 Å². The van der Waals surface area contributed by atoms with Gasteiger partial charge >= 0.3 is 0 Å². The molecule has 34 heavy (non-hydrogen) atoms. The molecule has 1 amide bonds. The Hall–Kier alpha value is -3.22. The molecule has 7 rings (SSSR count). The lowest BCUT2D eigenvalue weighted by molar-refractivity contribution is -0.140. The van der Waals surface area contributed by atoms with Gasteiger partial charge in [-0.05, 0) is 107 Å². The van der Waals surface area contributed by atoms with Crippen molar-refractivity contribution in [3.05, 3.63) is 53.6 Å². The number of carbonyl (C=O) groups is 1. The van der Waals surface area contributed by atoms with Crippen molar-refractivity contribution in [2.45, 2.75) is 59.3 Å². The maximum Gasteiger partial charge on any atom is 0.230 e. The van der Waals surface area contributed by atoms with Crippen LogP contribution < -0.4 is 10.1 Å². The summed E-state index contributed by atoms with van der Waals surface area (Å²) < 4.78 is 7.82. The van der Waals surface area contributed by atoms with E-state index in [2.05, 4.69) is 20.4 Å². The summed E-state index contributed by atoms with van der Waals surface area (Å²) in [6.07, 6.45) is 7.21. The van der Waals surface area contributed by atoms with Gasteiger partial charge in [-0.2, -0.15) is 10.1 Å². The molecule has 4 fully saturated rings. The van der Waals surface area contributed by atoms with Gasteiger partial charge in [0.1, 0.15) is 11.6 Å². The first-order valence-corrected chi connectivity index (χ1v) is 12.3. The van der Waals surface area contributed by atoms with Crippen molar-refractivity contribution in [2.24, 2.45) is 23.2 Å². The monoisotopic (exact) mass is 457 g/mol. The summed E-state index contributed by atoms with van der Waals surface area (Å²) in [5.74, 6) is 4.87. The Morgan fingerprint density at radius 3 is 2.21 bits per heavy atom. The lowest BCUT2D eigenvalue weighted by atomic mass is 9.49. The first kappa shape index (κ1) is 21.3. The fourth-order valence-electron chi connectivity index (χ4n) is 6.93. The molecule has 4 bridgehead atoms. The maximum absolute atomic E-state index is 13.3. The van der Waals surface area contributed by atoms with Gasteiger partial charge in [0, 0.05) is 17.4 Å². The van der Waals surface area contributed by atoms with E-state index in [0.717, 1.165) is 54.1 Å². The van der Waals surface area contributed by atoms with Crippen molar-refractivity contribution in [1.82, 2.24) is 19.7 Å². The molecule has 1 aromatic carbocycles. The molecule has 4 saturated carbocycles. The molecule has 0 radical (unpaired) electrons. The van der Waals surface area contributed by atoms with Crippen LogP contribution >= 0.6 is 0 Å². The Bertz CT molecular complexity index is 1210. The number of aryl methyl sites for hydroxylation is 3. The third kappa shape index (κ3) is 3.87. The quantitative estimate of drug-likeness (QED) is 0.544. The second kappa shape index (κ2) is 7.93. The maximum atomic E-state index is 13.3. The molecule has 176 valence electrons. The zero-order valence-electron chi connectivity index (χ0n) is 20.0. The molecule has 0 atom stereocenters. The van der Waals surface area contributed by atoms with Crippen LogP contribution in [-0.2, 0) is 4.79 Å². The summed E-state index contributed by atoms with van der Waals surface area (Å²) in [5.41, 5.74) is 2.60. The van der Waals surface area contributed by atoms with E-state index in [9.17, 15) is 4.79 Å². The van der Waals surface area contributed by atoms with Gasteiger partial charge in [0.05, 0.1) is 11.1 Å². The first-order chi connectivity index (χ1) is 16.3. The molecule has 1 N–H and O–H groups in total. The molecule has 0 spiro atoms. The Balaban J connectivity index is 1.16. The fraction of sp³-hybridized carbons (Fsp3) is 0.481. The van der Waals surface area contributed by atoms with Crippen LogP contribution in [0, 0.1) is 43.9 Å². The molecular formula is C27H31N5O2. The van der Waals surface area contributed by atoms with Crippen LogP contribution in [-0.4, -0.2) is 25.7 Å². The predicted molar refractivity (Wildman–Crippen MR) is 129 cm³/mol. The number of carbonyl (C=O) groups excluding carboxylic acids is 1. The van der Waals surface area contributed by atoms with Gasteiger partial charge in [-0.15, -0.1) is 0 Å². The number of rotatable bonds is 5. The average molecular weight is 458 g/mol. The number of hydrogen-bond donors (Lipinski definition) is 1. The van der Waals surface area contributed by atoms with Crippen molar-refractivity contribution in [1.29, 1.82) is 0 Å². The second-order valence-corrected chi connectivity index (χ2v) is 10.7. The highest BCUT2D eigenvalue weighted by Crippen LogP contribution is 2.60. The van der Waals surface area contributed by atoms with Gasteiger partial charge in [0.15, 0.2) is 5.82 Å². The van der Waals surface area contributed by atoms with Crippen LogP contribution in [0.1, 0.15) is 55.7 Å². The second-order valence-electron chi connectivity index (χ2n) is 10.7. The van der Waals surface area contributed by atoms with Crippen molar-refractivity contribution >= 4 is 11.6 Å². The highest BCUT2D eigenvalue weighted by Gasteiger charge is 2.54. The topological polar surface area (TPSA) is 81.9 Å². The minimum atomic E-state index is -0.151. The van der Waals surface area contributed by atoms with E-state index in [1.54, 1.807) is 10.7 Å². The highest BCUT2D eigenvalue weighted by atomic mass is 16.5. The lowest BCUT2D eigenvalue weighted by Gasteiger charge is -2.55. The minimum Gasteiger partial charge on any atom is -0.439 e. The molecule has 2 heterocycles. The molecular weight excluding hydrogens is 426 g/mol. The number of nitrogens with one attached hydrogen (secondary N) is 1. The largest absolute Gasteiger partial charge is 0.439 e. The van der Waals surface area contributed by atoms with Gasteiger partial charge in [-0.25, -0.2) is 9.67 Å². The predicted octanol–water partition coefficient (Wildman–Crippen LogP) is 5.53. The zero-order chi connectivity index (χ0) is 23.4. The van der Waals surface area contributed by atoms with Gasteiger partial charge in [0.25, 0.3) is 0 Å². The Morgan fingerprint density at radius 1 is 0.971 bits per heavy atom.